The molecule has 1 fully saturated rings. The second kappa shape index (κ2) is 8.54. The van der Waals surface area contributed by atoms with E-state index in [1.165, 1.54) is 18.0 Å². The summed E-state index contributed by atoms with van der Waals surface area (Å²) in [4.78, 5) is 31.9. The number of H-pyrrole nitrogens is 1. The first-order valence-corrected chi connectivity index (χ1v) is 11.2. The second-order valence-electron chi connectivity index (χ2n) is 7.48. The number of aromatic nitrogens is 3. The number of nitrogens with zero attached hydrogens (tertiary/aromatic N) is 4. The van der Waals surface area contributed by atoms with Gasteiger partial charge in [0.2, 0.25) is 5.91 Å². The van der Waals surface area contributed by atoms with Gasteiger partial charge in [0, 0.05) is 43.3 Å². The third-order valence-corrected chi connectivity index (χ3v) is 6.38. The van der Waals surface area contributed by atoms with Crippen LogP contribution in [0.4, 0.5) is 0 Å². The molecule has 164 valence electrons. The van der Waals surface area contributed by atoms with E-state index in [9.17, 15) is 9.59 Å². The quantitative estimate of drug-likeness (QED) is 0.464. The van der Waals surface area contributed by atoms with Crippen molar-refractivity contribution in [2.24, 2.45) is 0 Å². The van der Waals surface area contributed by atoms with Crippen molar-refractivity contribution in [1.29, 1.82) is 0 Å². The van der Waals surface area contributed by atoms with Crippen LogP contribution in [-0.2, 0) is 4.79 Å². The minimum Gasteiger partial charge on any atom is -0.459 e. The topological polar surface area (TPSA) is 108 Å². The summed E-state index contributed by atoms with van der Waals surface area (Å²) in [5.41, 5.74) is 1.82. The molecule has 3 aromatic heterocycles. The van der Waals surface area contributed by atoms with E-state index >= 15 is 0 Å². The molecule has 0 bridgehead atoms. The lowest BCUT2D eigenvalue weighted by molar-refractivity contribution is -0.131. The van der Waals surface area contributed by atoms with Gasteiger partial charge in [-0.25, -0.2) is 0 Å². The molecule has 10 heteroatoms. The summed E-state index contributed by atoms with van der Waals surface area (Å²) in [5.74, 6) is 0.554. The van der Waals surface area contributed by atoms with Crippen molar-refractivity contribution in [2.45, 2.75) is 17.4 Å². The fourth-order valence-electron chi connectivity index (χ4n) is 3.76. The van der Waals surface area contributed by atoms with Gasteiger partial charge in [0.1, 0.15) is 0 Å². The van der Waals surface area contributed by atoms with E-state index in [-0.39, 0.29) is 11.8 Å². The van der Waals surface area contributed by atoms with Crippen molar-refractivity contribution in [1.82, 2.24) is 25.0 Å². The van der Waals surface area contributed by atoms with E-state index in [0.717, 1.165) is 16.5 Å². The Morgan fingerprint density at radius 3 is 2.62 bits per heavy atom. The maximum Gasteiger partial charge on any atom is 0.289 e. The van der Waals surface area contributed by atoms with Gasteiger partial charge >= 0.3 is 0 Å². The highest BCUT2D eigenvalue weighted by Gasteiger charge is 2.29. The fourth-order valence-corrected chi connectivity index (χ4v) is 4.53. The van der Waals surface area contributed by atoms with Crippen molar-refractivity contribution in [3.8, 4) is 11.5 Å². The smallest absolute Gasteiger partial charge is 0.289 e. The SMILES string of the molecule is C[C@H](Sc1nnc(-c2c[nH]c3ccccc23)o1)C(=O)N1CCN(C(=O)c2ccco2)CC1. The van der Waals surface area contributed by atoms with E-state index in [2.05, 4.69) is 15.2 Å². The number of furan rings is 1. The number of amides is 2. The van der Waals surface area contributed by atoms with Gasteiger partial charge in [-0.15, -0.1) is 10.2 Å². The molecule has 0 unspecified atom stereocenters. The van der Waals surface area contributed by atoms with Crippen molar-refractivity contribution >= 4 is 34.5 Å². The Morgan fingerprint density at radius 1 is 1.06 bits per heavy atom. The molecule has 1 atom stereocenters. The minimum absolute atomic E-state index is 0.0214. The Balaban J connectivity index is 1.19. The first-order chi connectivity index (χ1) is 15.6. The molecular formula is C22H21N5O4S. The number of hydrogen-bond donors (Lipinski definition) is 1. The maximum absolute atomic E-state index is 12.9. The molecule has 1 aromatic carbocycles. The number of fused-ring (bicyclic) bond motifs is 1. The first-order valence-electron chi connectivity index (χ1n) is 10.3. The van der Waals surface area contributed by atoms with E-state index < -0.39 is 5.25 Å². The molecule has 1 aliphatic heterocycles. The highest BCUT2D eigenvalue weighted by atomic mass is 32.2. The summed E-state index contributed by atoms with van der Waals surface area (Å²) in [6, 6.07) is 11.2. The van der Waals surface area contributed by atoms with Gasteiger partial charge in [0.15, 0.2) is 5.76 Å². The Morgan fingerprint density at radius 2 is 1.84 bits per heavy atom. The number of aromatic amines is 1. The van der Waals surface area contributed by atoms with E-state index in [1.807, 2.05) is 37.4 Å². The highest BCUT2D eigenvalue weighted by molar-refractivity contribution is 8.00. The molecule has 5 rings (SSSR count). The predicted molar refractivity (Wildman–Crippen MR) is 118 cm³/mol. The van der Waals surface area contributed by atoms with Crippen LogP contribution in [0.2, 0.25) is 0 Å². The van der Waals surface area contributed by atoms with E-state index in [1.54, 1.807) is 21.9 Å². The average molecular weight is 452 g/mol. The molecule has 32 heavy (non-hydrogen) atoms. The molecule has 0 aliphatic carbocycles. The molecule has 1 aliphatic rings. The average Bonchev–Trinajstić information content (AvgIpc) is 3.58. The molecule has 4 heterocycles. The molecule has 9 nitrogen and oxygen atoms in total. The van der Waals surface area contributed by atoms with Gasteiger partial charge < -0.3 is 23.6 Å². The number of hydrogen-bond acceptors (Lipinski definition) is 7. The van der Waals surface area contributed by atoms with Gasteiger partial charge in [-0.3, -0.25) is 9.59 Å². The van der Waals surface area contributed by atoms with Crippen LogP contribution in [0.15, 0.2) is 62.9 Å². The van der Waals surface area contributed by atoms with Gasteiger partial charge in [-0.1, -0.05) is 30.0 Å². The lowest BCUT2D eigenvalue weighted by Crippen LogP contribution is -2.52. The van der Waals surface area contributed by atoms with Crippen LogP contribution in [0.3, 0.4) is 0 Å². The maximum atomic E-state index is 12.9. The fraction of sp³-hybridized carbons (Fsp3) is 0.273. The van der Waals surface area contributed by atoms with Crippen molar-refractivity contribution in [3.63, 3.8) is 0 Å². The zero-order valence-corrected chi connectivity index (χ0v) is 18.2. The van der Waals surface area contributed by atoms with Crippen LogP contribution in [0, 0.1) is 0 Å². The lowest BCUT2D eigenvalue weighted by atomic mass is 10.2. The van der Waals surface area contributed by atoms with Crippen LogP contribution < -0.4 is 0 Å². The Labute approximate surface area is 187 Å². The van der Waals surface area contributed by atoms with Crippen LogP contribution in [0.5, 0.6) is 0 Å². The van der Waals surface area contributed by atoms with Gasteiger partial charge in [0.25, 0.3) is 17.0 Å². The number of rotatable bonds is 5. The molecule has 1 saturated heterocycles. The molecular weight excluding hydrogens is 430 g/mol. The van der Waals surface area contributed by atoms with Crippen LogP contribution >= 0.6 is 11.8 Å². The molecule has 0 radical (unpaired) electrons. The Kier molecular flexibility index (Phi) is 5.44. The Hall–Kier alpha value is -3.53. The van der Waals surface area contributed by atoms with E-state index in [4.69, 9.17) is 8.83 Å². The normalized spacial score (nSPS) is 15.3. The first kappa shape index (κ1) is 20.4. The summed E-state index contributed by atoms with van der Waals surface area (Å²) >= 11 is 1.24. The third-order valence-electron chi connectivity index (χ3n) is 5.46. The summed E-state index contributed by atoms with van der Waals surface area (Å²) in [5, 5.41) is 9.21. The monoisotopic (exact) mass is 451 g/mol. The highest BCUT2D eigenvalue weighted by Crippen LogP contribution is 2.31. The number of carbonyl (C=O) groups is 2. The number of carbonyl (C=O) groups excluding carboxylic acids is 2. The van der Waals surface area contributed by atoms with Crippen molar-refractivity contribution < 1.29 is 18.4 Å². The number of piperazine rings is 1. The Bertz CT molecular complexity index is 1240. The molecule has 0 saturated carbocycles. The summed E-state index contributed by atoms with van der Waals surface area (Å²) in [6.45, 7) is 3.70. The zero-order chi connectivity index (χ0) is 22.1. The molecule has 4 aromatic rings. The van der Waals surface area contributed by atoms with Crippen LogP contribution in [-0.4, -0.2) is 68.2 Å². The largest absolute Gasteiger partial charge is 0.459 e. The lowest BCUT2D eigenvalue weighted by Gasteiger charge is -2.35. The predicted octanol–water partition coefficient (Wildman–Crippen LogP) is 3.28. The van der Waals surface area contributed by atoms with E-state index in [0.29, 0.717) is 43.1 Å². The number of nitrogens with one attached hydrogen (secondary N) is 1. The minimum atomic E-state index is -0.390. The molecule has 2 amide bonds. The van der Waals surface area contributed by atoms with Gasteiger partial charge in [-0.2, -0.15) is 0 Å². The summed E-state index contributed by atoms with van der Waals surface area (Å²) in [7, 11) is 0. The molecule has 0 spiro atoms. The standard InChI is InChI=1S/C22H21N5O4S/c1-14(20(28)26-8-10-27(11-9-26)21(29)18-7-4-12-30-18)32-22-25-24-19(31-22)16-13-23-17-6-3-2-5-15(16)17/h2-7,12-14,23H,8-11H2,1H3/t14-/m0/s1. The van der Waals surface area contributed by atoms with Gasteiger partial charge in [0.05, 0.1) is 17.1 Å². The van der Waals surface area contributed by atoms with Gasteiger partial charge in [-0.05, 0) is 25.1 Å². The second-order valence-corrected chi connectivity index (χ2v) is 8.77. The third kappa shape index (κ3) is 3.89. The number of benzene rings is 1. The number of thioether (sulfide) groups is 1. The van der Waals surface area contributed by atoms with Crippen LogP contribution in [0.1, 0.15) is 17.5 Å². The molecule has 1 N–H and O–H groups in total. The number of para-hydroxylation sites is 1. The summed E-state index contributed by atoms with van der Waals surface area (Å²) < 4.78 is 11.0. The summed E-state index contributed by atoms with van der Waals surface area (Å²) in [6.07, 6.45) is 3.32. The van der Waals surface area contributed by atoms with Crippen molar-refractivity contribution in [3.05, 3.63) is 54.6 Å². The zero-order valence-electron chi connectivity index (χ0n) is 17.4. The van der Waals surface area contributed by atoms with Crippen molar-refractivity contribution in [2.75, 3.05) is 26.2 Å². The van der Waals surface area contributed by atoms with Crippen LogP contribution in [0.25, 0.3) is 22.4 Å².